The summed E-state index contributed by atoms with van der Waals surface area (Å²) in [5, 5.41) is 12.0. The van der Waals surface area contributed by atoms with Gasteiger partial charge in [0.15, 0.2) is 0 Å². The molecular formula is C19H25ClN6O2. The number of hydrogen-bond acceptors (Lipinski definition) is 6. The number of aryl methyl sites for hydroxylation is 1. The molecule has 1 unspecified atom stereocenters. The molecule has 9 heteroatoms. The van der Waals surface area contributed by atoms with Crippen molar-refractivity contribution in [2.45, 2.75) is 45.7 Å². The van der Waals surface area contributed by atoms with Gasteiger partial charge in [-0.25, -0.2) is 9.48 Å². The van der Waals surface area contributed by atoms with Crippen molar-refractivity contribution in [3.63, 3.8) is 0 Å². The second kappa shape index (κ2) is 8.70. The summed E-state index contributed by atoms with van der Waals surface area (Å²) in [5.74, 6) is 2.00. The van der Waals surface area contributed by atoms with Crippen LogP contribution in [0.3, 0.4) is 0 Å². The Morgan fingerprint density at radius 1 is 1.29 bits per heavy atom. The molecule has 0 saturated carbocycles. The predicted molar refractivity (Wildman–Crippen MR) is 108 cm³/mol. The Balaban J connectivity index is 0.00000225. The van der Waals surface area contributed by atoms with E-state index >= 15 is 0 Å². The smallest absolute Gasteiger partial charge is 0.337 e. The summed E-state index contributed by atoms with van der Waals surface area (Å²) in [7, 11) is 0. The van der Waals surface area contributed by atoms with Crippen LogP contribution >= 0.6 is 12.4 Å². The maximum absolute atomic E-state index is 12.7. The molecule has 0 aliphatic carbocycles. The van der Waals surface area contributed by atoms with Crippen molar-refractivity contribution in [2.24, 2.45) is 0 Å². The van der Waals surface area contributed by atoms with E-state index in [9.17, 15) is 4.79 Å². The van der Waals surface area contributed by atoms with E-state index in [1.54, 1.807) is 4.57 Å². The number of halogens is 1. The number of nitrogens with zero attached hydrogens (tertiary/aromatic N) is 5. The van der Waals surface area contributed by atoms with Crippen molar-refractivity contribution >= 4 is 12.4 Å². The molecule has 8 nitrogen and oxygen atoms in total. The van der Waals surface area contributed by atoms with Crippen LogP contribution in [0.15, 0.2) is 33.6 Å². The van der Waals surface area contributed by atoms with Gasteiger partial charge in [-0.15, -0.1) is 12.4 Å². The molecule has 1 fully saturated rings. The average molecular weight is 405 g/mol. The number of piperidine rings is 1. The van der Waals surface area contributed by atoms with Gasteiger partial charge in [-0.2, -0.15) is 10.1 Å². The van der Waals surface area contributed by atoms with Gasteiger partial charge in [0.05, 0.1) is 0 Å². The summed E-state index contributed by atoms with van der Waals surface area (Å²) in [4.78, 5) is 17.2. The Labute approximate surface area is 169 Å². The lowest BCUT2D eigenvalue weighted by Crippen LogP contribution is -2.31. The Hall–Kier alpha value is -2.45. The molecule has 0 amide bonds. The quantitative estimate of drug-likeness (QED) is 0.702. The minimum atomic E-state index is -0.131. The molecule has 3 aromatic rings. The summed E-state index contributed by atoms with van der Waals surface area (Å²) in [6.07, 6.45) is 2.14. The van der Waals surface area contributed by atoms with Crippen molar-refractivity contribution in [3.05, 3.63) is 52.0 Å². The van der Waals surface area contributed by atoms with E-state index in [4.69, 9.17) is 4.52 Å². The van der Waals surface area contributed by atoms with Gasteiger partial charge >= 0.3 is 5.69 Å². The fraction of sp³-hybridized carbons (Fsp3) is 0.474. The normalized spacial score (nSPS) is 16.7. The first kappa shape index (κ1) is 20.3. The molecule has 1 atom stereocenters. The van der Waals surface area contributed by atoms with Gasteiger partial charge in [-0.1, -0.05) is 35.0 Å². The zero-order valence-corrected chi connectivity index (χ0v) is 16.9. The average Bonchev–Trinajstić information content (AvgIpc) is 3.28. The summed E-state index contributed by atoms with van der Waals surface area (Å²) in [6.45, 7) is 6.66. The predicted octanol–water partition coefficient (Wildman–Crippen LogP) is 2.36. The molecule has 0 bridgehead atoms. The Kier molecular flexibility index (Phi) is 6.31. The molecule has 3 heterocycles. The summed E-state index contributed by atoms with van der Waals surface area (Å²) in [6, 6.07) is 7.92. The molecular weight excluding hydrogens is 380 g/mol. The van der Waals surface area contributed by atoms with Gasteiger partial charge in [0.2, 0.25) is 11.7 Å². The molecule has 2 aromatic heterocycles. The first-order valence-corrected chi connectivity index (χ1v) is 9.43. The number of hydrogen-bond donors (Lipinski definition) is 1. The van der Waals surface area contributed by atoms with Crippen LogP contribution in [-0.2, 0) is 13.1 Å². The molecule has 0 radical (unpaired) electrons. The first-order chi connectivity index (χ1) is 13.2. The lowest BCUT2D eigenvalue weighted by Gasteiger charge is -2.21. The van der Waals surface area contributed by atoms with E-state index in [1.807, 2.05) is 38.1 Å². The molecule has 1 aliphatic rings. The van der Waals surface area contributed by atoms with Crippen LogP contribution in [0, 0.1) is 6.92 Å². The number of nitrogens with one attached hydrogen (secondary N) is 1. The Morgan fingerprint density at radius 3 is 2.75 bits per heavy atom. The number of benzene rings is 1. The molecule has 1 saturated heterocycles. The zero-order valence-electron chi connectivity index (χ0n) is 16.1. The molecule has 28 heavy (non-hydrogen) atoms. The topological polar surface area (TPSA) is 90.8 Å². The summed E-state index contributed by atoms with van der Waals surface area (Å²) < 4.78 is 8.53. The van der Waals surface area contributed by atoms with E-state index in [0.717, 1.165) is 37.3 Å². The minimum absolute atomic E-state index is 0. The van der Waals surface area contributed by atoms with Crippen molar-refractivity contribution in [3.8, 4) is 11.4 Å². The van der Waals surface area contributed by atoms with Crippen LogP contribution in [0.1, 0.15) is 43.0 Å². The molecule has 1 N–H and O–H groups in total. The van der Waals surface area contributed by atoms with Crippen molar-refractivity contribution in [1.82, 2.24) is 29.8 Å². The van der Waals surface area contributed by atoms with Gasteiger partial charge in [0, 0.05) is 24.6 Å². The Morgan fingerprint density at radius 2 is 2.07 bits per heavy atom. The maximum Gasteiger partial charge on any atom is 0.346 e. The van der Waals surface area contributed by atoms with Crippen molar-refractivity contribution < 1.29 is 4.52 Å². The third-order valence-electron chi connectivity index (χ3n) is 4.99. The highest BCUT2D eigenvalue weighted by atomic mass is 35.5. The van der Waals surface area contributed by atoms with E-state index in [2.05, 4.69) is 20.6 Å². The van der Waals surface area contributed by atoms with Crippen LogP contribution in [0.2, 0.25) is 0 Å². The second-order valence-electron chi connectivity index (χ2n) is 6.96. The lowest BCUT2D eigenvalue weighted by molar-refractivity contribution is 0.363. The zero-order chi connectivity index (χ0) is 18.8. The highest BCUT2D eigenvalue weighted by Crippen LogP contribution is 2.21. The van der Waals surface area contributed by atoms with E-state index in [-0.39, 0.29) is 30.6 Å². The minimum Gasteiger partial charge on any atom is -0.337 e. The van der Waals surface area contributed by atoms with Crippen molar-refractivity contribution in [2.75, 3.05) is 13.1 Å². The standard InChI is InChI=1S/C19H24N6O2.ClH/c1-3-24-18(15-5-4-10-20-11-15)22-25(19(24)26)12-16-21-17(23-27-16)14-8-6-13(2)7-9-14;/h6-9,15,20H,3-5,10-12H2,1-2H3;1H. The fourth-order valence-electron chi connectivity index (χ4n) is 3.50. The third kappa shape index (κ3) is 4.02. The number of aromatic nitrogens is 5. The van der Waals surface area contributed by atoms with Crippen LogP contribution in [0.4, 0.5) is 0 Å². The maximum atomic E-state index is 12.7. The van der Waals surface area contributed by atoms with Crippen LogP contribution in [0.5, 0.6) is 0 Å². The first-order valence-electron chi connectivity index (χ1n) is 9.43. The SMILES string of the molecule is CCn1c(C2CCCNC2)nn(Cc2nc(-c3ccc(C)cc3)no2)c1=O.Cl. The van der Waals surface area contributed by atoms with Crippen LogP contribution in [-0.4, -0.2) is 37.6 Å². The van der Waals surface area contributed by atoms with Gasteiger partial charge in [-0.05, 0) is 33.2 Å². The monoisotopic (exact) mass is 404 g/mol. The lowest BCUT2D eigenvalue weighted by atomic mass is 9.99. The second-order valence-corrected chi connectivity index (χ2v) is 6.96. The van der Waals surface area contributed by atoms with E-state index in [0.29, 0.717) is 18.3 Å². The van der Waals surface area contributed by atoms with Gasteiger partial charge in [-0.3, -0.25) is 4.57 Å². The highest BCUT2D eigenvalue weighted by molar-refractivity contribution is 5.85. The largest absolute Gasteiger partial charge is 0.346 e. The van der Waals surface area contributed by atoms with Gasteiger partial charge in [0.25, 0.3) is 0 Å². The van der Waals surface area contributed by atoms with E-state index < -0.39 is 0 Å². The third-order valence-corrected chi connectivity index (χ3v) is 4.99. The van der Waals surface area contributed by atoms with E-state index in [1.165, 1.54) is 10.2 Å². The number of rotatable bonds is 5. The summed E-state index contributed by atoms with van der Waals surface area (Å²) >= 11 is 0. The molecule has 4 rings (SSSR count). The molecule has 1 aliphatic heterocycles. The highest BCUT2D eigenvalue weighted by Gasteiger charge is 2.24. The van der Waals surface area contributed by atoms with Crippen LogP contribution < -0.4 is 11.0 Å². The molecule has 1 aromatic carbocycles. The van der Waals surface area contributed by atoms with Gasteiger partial charge < -0.3 is 9.84 Å². The molecule has 0 spiro atoms. The summed E-state index contributed by atoms with van der Waals surface area (Å²) in [5.41, 5.74) is 1.92. The Bertz CT molecular complexity index is 969. The van der Waals surface area contributed by atoms with Gasteiger partial charge in [0.1, 0.15) is 12.4 Å². The van der Waals surface area contributed by atoms with Crippen LogP contribution in [0.25, 0.3) is 11.4 Å². The fourth-order valence-corrected chi connectivity index (χ4v) is 3.50. The molecule has 150 valence electrons. The van der Waals surface area contributed by atoms with Crippen molar-refractivity contribution in [1.29, 1.82) is 0 Å².